The molecule has 1 nitrogen and oxygen atoms in total. The summed E-state index contributed by atoms with van der Waals surface area (Å²) in [7, 11) is 0. The Morgan fingerprint density at radius 2 is 1.35 bits per heavy atom. The van der Waals surface area contributed by atoms with Crippen LogP contribution in [0.5, 0.6) is 0 Å². The number of benzene rings is 1. The Kier molecular flexibility index (Phi) is 15.3. The maximum absolute atomic E-state index is 3.59. The maximum atomic E-state index is 3.59. The van der Waals surface area contributed by atoms with Crippen LogP contribution in [0.3, 0.4) is 0 Å². The van der Waals surface area contributed by atoms with E-state index >= 15 is 0 Å². The number of nitrogens with one attached hydrogen (secondary N) is 1. The van der Waals surface area contributed by atoms with Crippen LogP contribution >= 0.6 is 0 Å². The third-order valence-corrected chi connectivity index (χ3v) is 5.13. The van der Waals surface area contributed by atoms with Gasteiger partial charge in [-0.15, -0.1) is 0 Å². The molecule has 1 N–H and O–H groups in total. The van der Waals surface area contributed by atoms with Crippen molar-refractivity contribution in [3.63, 3.8) is 0 Å². The molecule has 1 rings (SSSR count). The summed E-state index contributed by atoms with van der Waals surface area (Å²) in [5, 5.41) is 3.59. The number of hydrogen-bond acceptors (Lipinski definition) is 1. The molecule has 0 aliphatic rings. The van der Waals surface area contributed by atoms with Gasteiger partial charge in [-0.25, -0.2) is 0 Å². The van der Waals surface area contributed by atoms with E-state index in [1.54, 1.807) is 0 Å². The predicted octanol–water partition coefficient (Wildman–Crippen LogP) is 7.81. The van der Waals surface area contributed by atoms with Gasteiger partial charge in [-0.1, -0.05) is 114 Å². The first kappa shape index (κ1) is 23.0. The quantitative estimate of drug-likeness (QED) is 0.221. The minimum Gasteiger partial charge on any atom is -0.310 e. The van der Waals surface area contributed by atoms with Crippen molar-refractivity contribution >= 4 is 0 Å². The summed E-state index contributed by atoms with van der Waals surface area (Å²) in [5.74, 6) is 0. The Hall–Kier alpha value is -1.08. The number of unbranched alkanes of at least 4 members (excludes halogenated alkanes) is 11. The van der Waals surface area contributed by atoms with Crippen molar-refractivity contribution in [2.24, 2.45) is 0 Å². The van der Waals surface area contributed by atoms with E-state index in [4.69, 9.17) is 0 Å². The highest BCUT2D eigenvalue weighted by molar-refractivity contribution is 5.14. The van der Waals surface area contributed by atoms with Gasteiger partial charge in [-0.3, -0.25) is 0 Å². The normalized spacial score (nSPS) is 12.7. The molecule has 0 heterocycles. The summed E-state index contributed by atoms with van der Waals surface area (Å²) in [6.45, 7) is 5.53. The molecule has 0 spiro atoms. The molecule has 1 atom stereocenters. The van der Waals surface area contributed by atoms with Crippen LogP contribution in [0.2, 0.25) is 0 Å². The Morgan fingerprint density at radius 3 is 1.96 bits per heavy atom. The van der Waals surface area contributed by atoms with Crippen LogP contribution in [0.15, 0.2) is 42.5 Å². The van der Waals surface area contributed by atoms with E-state index < -0.39 is 0 Å². The topological polar surface area (TPSA) is 12.0 Å². The second-order valence-electron chi connectivity index (χ2n) is 7.80. The van der Waals surface area contributed by atoms with E-state index in [2.05, 4.69) is 61.6 Å². The zero-order valence-electron chi connectivity index (χ0n) is 17.5. The first-order chi connectivity index (χ1) is 12.8. The number of allylic oxidation sites excluding steroid dienone is 1. The molecule has 0 bridgehead atoms. The highest BCUT2D eigenvalue weighted by Gasteiger charge is 1.98. The van der Waals surface area contributed by atoms with Gasteiger partial charge in [0.25, 0.3) is 0 Å². The lowest BCUT2D eigenvalue weighted by atomic mass is 10.1. The van der Waals surface area contributed by atoms with Gasteiger partial charge in [0.15, 0.2) is 0 Å². The van der Waals surface area contributed by atoms with E-state index in [9.17, 15) is 0 Å². The zero-order valence-corrected chi connectivity index (χ0v) is 17.5. The average Bonchev–Trinajstić information content (AvgIpc) is 2.67. The van der Waals surface area contributed by atoms with Gasteiger partial charge in [-0.2, -0.15) is 0 Å². The average molecular weight is 358 g/mol. The van der Waals surface area contributed by atoms with Crippen LogP contribution in [-0.2, 0) is 6.54 Å². The summed E-state index contributed by atoms with van der Waals surface area (Å²) in [4.78, 5) is 0. The Bertz CT molecular complexity index is 423. The van der Waals surface area contributed by atoms with Gasteiger partial charge in [0.2, 0.25) is 0 Å². The van der Waals surface area contributed by atoms with Crippen LogP contribution in [0.25, 0.3) is 0 Å². The summed E-state index contributed by atoms with van der Waals surface area (Å²) < 4.78 is 0. The highest BCUT2D eigenvalue weighted by Crippen LogP contribution is 2.12. The number of rotatable bonds is 17. The molecule has 26 heavy (non-hydrogen) atoms. The van der Waals surface area contributed by atoms with Crippen LogP contribution in [0.1, 0.15) is 103 Å². The van der Waals surface area contributed by atoms with Crippen molar-refractivity contribution in [2.45, 2.75) is 110 Å². The summed E-state index contributed by atoms with van der Waals surface area (Å²) in [5.41, 5.74) is 1.37. The molecule has 0 radical (unpaired) electrons. The molecule has 1 aromatic carbocycles. The maximum Gasteiger partial charge on any atom is 0.0208 e. The first-order valence-corrected chi connectivity index (χ1v) is 11.2. The third kappa shape index (κ3) is 14.1. The highest BCUT2D eigenvalue weighted by atomic mass is 14.9. The SMILES string of the molecule is CCCCCCCCCCCCCC=CC[C@H](C)NCc1ccccc1. The standard InChI is InChI=1S/C25H43N/c1-3-4-5-6-7-8-9-10-11-12-13-14-15-17-20-24(2)26-23-25-21-18-16-19-22-25/h15-19,21-22,24,26H,3-14,20,23H2,1-2H3/t24-/m0/s1. The van der Waals surface area contributed by atoms with Gasteiger partial charge in [0.1, 0.15) is 0 Å². The molecule has 148 valence electrons. The molecule has 0 fully saturated rings. The van der Waals surface area contributed by atoms with E-state index in [0.717, 1.165) is 13.0 Å². The Morgan fingerprint density at radius 1 is 0.769 bits per heavy atom. The van der Waals surface area contributed by atoms with Crippen molar-refractivity contribution in [3.05, 3.63) is 48.0 Å². The van der Waals surface area contributed by atoms with E-state index in [-0.39, 0.29) is 0 Å². The van der Waals surface area contributed by atoms with E-state index in [1.807, 2.05) is 0 Å². The zero-order chi connectivity index (χ0) is 18.7. The predicted molar refractivity (Wildman–Crippen MR) is 118 cm³/mol. The fraction of sp³-hybridized carbons (Fsp3) is 0.680. The smallest absolute Gasteiger partial charge is 0.0208 e. The molecular weight excluding hydrogens is 314 g/mol. The molecule has 1 heteroatoms. The molecule has 0 saturated carbocycles. The molecule has 0 aliphatic carbocycles. The van der Waals surface area contributed by atoms with E-state index in [0.29, 0.717) is 6.04 Å². The molecule has 0 aliphatic heterocycles. The van der Waals surface area contributed by atoms with E-state index in [1.165, 1.54) is 82.6 Å². The minimum absolute atomic E-state index is 0.545. The van der Waals surface area contributed by atoms with Crippen molar-refractivity contribution in [2.75, 3.05) is 0 Å². The molecule has 0 unspecified atom stereocenters. The lowest BCUT2D eigenvalue weighted by molar-refractivity contribution is 0.548. The number of hydrogen-bond donors (Lipinski definition) is 1. The summed E-state index contributed by atoms with van der Waals surface area (Å²) in [6, 6.07) is 11.2. The second kappa shape index (κ2) is 17.3. The molecular formula is C25H43N. The molecule has 0 amide bonds. The van der Waals surface area contributed by atoms with Crippen molar-refractivity contribution in [1.29, 1.82) is 0 Å². The molecule has 1 aromatic rings. The Balaban J connectivity index is 1.84. The van der Waals surface area contributed by atoms with Crippen LogP contribution in [0, 0.1) is 0 Å². The monoisotopic (exact) mass is 357 g/mol. The third-order valence-electron chi connectivity index (χ3n) is 5.13. The fourth-order valence-electron chi connectivity index (χ4n) is 3.32. The molecule has 0 saturated heterocycles. The van der Waals surface area contributed by atoms with Crippen molar-refractivity contribution in [3.8, 4) is 0 Å². The first-order valence-electron chi connectivity index (χ1n) is 11.2. The van der Waals surface area contributed by atoms with Crippen molar-refractivity contribution in [1.82, 2.24) is 5.32 Å². The lowest BCUT2D eigenvalue weighted by Crippen LogP contribution is -2.24. The van der Waals surface area contributed by atoms with Gasteiger partial charge in [0, 0.05) is 12.6 Å². The van der Waals surface area contributed by atoms with Crippen LogP contribution in [-0.4, -0.2) is 6.04 Å². The summed E-state index contributed by atoms with van der Waals surface area (Å²) in [6.07, 6.45) is 22.8. The lowest BCUT2D eigenvalue weighted by Gasteiger charge is -2.11. The second-order valence-corrected chi connectivity index (χ2v) is 7.80. The minimum atomic E-state index is 0.545. The van der Waals surface area contributed by atoms with Crippen LogP contribution < -0.4 is 5.32 Å². The van der Waals surface area contributed by atoms with Crippen molar-refractivity contribution < 1.29 is 0 Å². The molecule has 0 aromatic heterocycles. The Labute approximate surface area is 163 Å². The van der Waals surface area contributed by atoms with Crippen LogP contribution in [0.4, 0.5) is 0 Å². The largest absolute Gasteiger partial charge is 0.310 e. The van der Waals surface area contributed by atoms with Gasteiger partial charge in [-0.05, 0) is 31.7 Å². The summed E-state index contributed by atoms with van der Waals surface area (Å²) >= 11 is 0. The fourth-order valence-corrected chi connectivity index (χ4v) is 3.32. The van der Waals surface area contributed by atoms with Gasteiger partial charge < -0.3 is 5.32 Å². The van der Waals surface area contributed by atoms with Gasteiger partial charge in [0.05, 0.1) is 0 Å². The van der Waals surface area contributed by atoms with Gasteiger partial charge >= 0.3 is 0 Å².